The van der Waals surface area contributed by atoms with Crippen LogP contribution in [0.2, 0.25) is 5.02 Å². The third kappa shape index (κ3) is 4.40. The quantitative estimate of drug-likeness (QED) is 0.345. The van der Waals surface area contributed by atoms with Crippen LogP contribution in [0.15, 0.2) is 47.4 Å². The van der Waals surface area contributed by atoms with E-state index in [1.54, 1.807) is 36.4 Å². The molecule has 1 aliphatic rings. The fourth-order valence-corrected chi connectivity index (χ4v) is 3.46. The molecule has 0 spiro atoms. The molecule has 1 heterocycles. The Kier molecular flexibility index (Phi) is 5.55. The number of benzene rings is 2. The molecule has 1 N–H and O–H groups in total. The van der Waals surface area contributed by atoms with Crippen LogP contribution >= 0.6 is 35.6 Å². The fraction of sp³-hybridized carbons (Fsp3) is 0.0588. The minimum Gasteiger partial charge on any atom is -0.487 e. The second-order valence-electron chi connectivity index (χ2n) is 5.25. The van der Waals surface area contributed by atoms with Gasteiger partial charge in [0.1, 0.15) is 16.7 Å². The topological polar surface area (TPSA) is 81.5 Å². The molecule has 3 rings (SSSR count). The van der Waals surface area contributed by atoms with Crippen molar-refractivity contribution in [2.45, 2.75) is 6.61 Å². The summed E-state index contributed by atoms with van der Waals surface area (Å²) in [7, 11) is 0. The van der Waals surface area contributed by atoms with Gasteiger partial charge in [0.25, 0.3) is 11.6 Å². The maximum atomic E-state index is 11.7. The molecule has 26 heavy (non-hydrogen) atoms. The lowest BCUT2D eigenvalue weighted by Gasteiger charge is -2.09. The fourth-order valence-electron chi connectivity index (χ4n) is 2.17. The molecule has 132 valence electrons. The second kappa shape index (κ2) is 7.86. The van der Waals surface area contributed by atoms with E-state index in [1.165, 1.54) is 23.9 Å². The van der Waals surface area contributed by atoms with Crippen LogP contribution in [0.25, 0.3) is 6.08 Å². The number of amides is 1. The Balaban J connectivity index is 1.68. The zero-order valence-electron chi connectivity index (χ0n) is 13.1. The number of nitro groups is 1. The molecule has 0 aromatic heterocycles. The molecular weight excluding hydrogens is 396 g/mol. The monoisotopic (exact) mass is 406 g/mol. The van der Waals surface area contributed by atoms with Crippen LogP contribution in [0, 0.1) is 10.1 Å². The largest absolute Gasteiger partial charge is 0.487 e. The van der Waals surface area contributed by atoms with Gasteiger partial charge in [-0.2, -0.15) is 0 Å². The van der Waals surface area contributed by atoms with E-state index in [1.807, 2.05) is 0 Å². The maximum absolute atomic E-state index is 11.7. The van der Waals surface area contributed by atoms with Crippen LogP contribution in [0.1, 0.15) is 11.1 Å². The third-order valence-electron chi connectivity index (χ3n) is 3.44. The zero-order valence-corrected chi connectivity index (χ0v) is 15.5. The number of carbonyl (C=O) groups is 1. The van der Waals surface area contributed by atoms with E-state index >= 15 is 0 Å². The van der Waals surface area contributed by atoms with E-state index in [9.17, 15) is 14.9 Å². The van der Waals surface area contributed by atoms with Gasteiger partial charge in [-0.1, -0.05) is 41.6 Å². The van der Waals surface area contributed by atoms with Crippen LogP contribution in [-0.4, -0.2) is 15.2 Å². The number of hydrogen-bond donors (Lipinski definition) is 1. The van der Waals surface area contributed by atoms with Crippen molar-refractivity contribution in [2.75, 3.05) is 0 Å². The number of non-ortho nitro benzene ring substituents is 1. The maximum Gasteiger partial charge on any atom is 0.269 e. The first-order valence-corrected chi connectivity index (χ1v) is 8.93. The lowest BCUT2D eigenvalue weighted by Crippen LogP contribution is -2.17. The minimum absolute atomic E-state index is 0.0254. The van der Waals surface area contributed by atoms with Gasteiger partial charge in [-0.15, -0.1) is 0 Å². The number of rotatable bonds is 5. The van der Waals surface area contributed by atoms with Gasteiger partial charge in [0.2, 0.25) is 0 Å². The minimum atomic E-state index is -0.454. The normalized spacial score (nSPS) is 15.2. The smallest absolute Gasteiger partial charge is 0.269 e. The molecule has 0 atom stereocenters. The summed E-state index contributed by atoms with van der Waals surface area (Å²) >= 11 is 12.4. The molecular formula is C17H11ClN2O4S2. The Bertz CT molecular complexity index is 929. The van der Waals surface area contributed by atoms with Crippen LogP contribution in [-0.2, 0) is 11.4 Å². The molecule has 0 saturated carbocycles. The van der Waals surface area contributed by atoms with E-state index in [0.29, 0.717) is 20.0 Å². The number of thiocarbonyl (C=S) groups is 1. The Morgan fingerprint density at radius 2 is 2.00 bits per heavy atom. The van der Waals surface area contributed by atoms with Gasteiger partial charge in [-0.3, -0.25) is 14.9 Å². The first kappa shape index (κ1) is 18.4. The average molecular weight is 407 g/mol. The summed E-state index contributed by atoms with van der Waals surface area (Å²) in [5, 5.41) is 13.6. The summed E-state index contributed by atoms with van der Waals surface area (Å²) in [6, 6.07) is 11.3. The van der Waals surface area contributed by atoms with Crippen molar-refractivity contribution in [1.82, 2.24) is 5.32 Å². The summed E-state index contributed by atoms with van der Waals surface area (Å²) < 4.78 is 6.08. The van der Waals surface area contributed by atoms with Crippen molar-refractivity contribution in [3.8, 4) is 5.75 Å². The van der Waals surface area contributed by atoms with Crippen molar-refractivity contribution in [2.24, 2.45) is 0 Å². The number of nitrogens with one attached hydrogen (secondary N) is 1. The first-order valence-electron chi connectivity index (χ1n) is 7.33. The number of carbonyl (C=O) groups excluding carboxylic acids is 1. The van der Waals surface area contributed by atoms with Gasteiger partial charge in [-0.05, 0) is 41.5 Å². The highest BCUT2D eigenvalue weighted by Crippen LogP contribution is 2.30. The van der Waals surface area contributed by atoms with Gasteiger partial charge in [0.15, 0.2) is 0 Å². The van der Waals surface area contributed by atoms with E-state index in [2.05, 4.69) is 5.32 Å². The molecule has 1 saturated heterocycles. The molecule has 9 heteroatoms. The summed E-state index contributed by atoms with van der Waals surface area (Å²) in [5.41, 5.74) is 1.56. The van der Waals surface area contributed by atoms with Crippen LogP contribution in [0.3, 0.4) is 0 Å². The predicted octanol–water partition coefficient (Wildman–Crippen LogP) is 4.32. The Hall–Kier alpha value is -2.42. The molecule has 6 nitrogen and oxygen atoms in total. The zero-order chi connectivity index (χ0) is 18.7. The molecule has 0 radical (unpaired) electrons. The highest BCUT2D eigenvalue weighted by molar-refractivity contribution is 8.26. The van der Waals surface area contributed by atoms with E-state index in [4.69, 9.17) is 28.6 Å². The number of ether oxygens (including phenoxy) is 1. The van der Waals surface area contributed by atoms with Crippen molar-refractivity contribution in [3.63, 3.8) is 0 Å². The van der Waals surface area contributed by atoms with Gasteiger partial charge >= 0.3 is 0 Å². The average Bonchev–Trinajstić information content (AvgIpc) is 2.91. The van der Waals surface area contributed by atoms with Gasteiger partial charge in [0, 0.05) is 12.1 Å². The van der Waals surface area contributed by atoms with Gasteiger partial charge < -0.3 is 10.1 Å². The molecule has 1 amide bonds. The van der Waals surface area contributed by atoms with Crippen molar-refractivity contribution in [3.05, 3.63) is 73.6 Å². The van der Waals surface area contributed by atoms with Crippen molar-refractivity contribution in [1.29, 1.82) is 0 Å². The summed E-state index contributed by atoms with van der Waals surface area (Å²) in [6.45, 7) is 0.227. The lowest BCUT2D eigenvalue weighted by molar-refractivity contribution is -0.384. The molecule has 0 aliphatic carbocycles. The van der Waals surface area contributed by atoms with Crippen molar-refractivity contribution >= 4 is 57.6 Å². The number of halogens is 1. The van der Waals surface area contributed by atoms with E-state index in [0.717, 1.165) is 11.1 Å². The summed E-state index contributed by atoms with van der Waals surface area (Å²) in [4.78, 5) is 22.4. The molecule has 0 bridgehead atoms. The molecule has 1 fully saturated rings. The molecule has 2 aromatic carbocycles. The number of nitrogens with zero attached hydrogens (tertiary/aromatic N) is 1. The SMILES string of the molecule is O=C1NC(=S)S/C1=C\c1ccc(OCc2ccc([N+](=O)[O-])cc2)c(Cl)c1. The molecule has 1 aliphatic heterocycles. The van der Waals surface area contributed by atoms with Gasteiger partial charge in [-0.25, -0.2) is 0 Å². The van der Waals surface area contributed by atoms with Crippen molar-refractivity contribution < 1.29 is 14.5 Å². The van der Waals surface area contributed by atoms with E-state index < -0.39 is 4.92 Å². The Morgan fingerprint density at radius 1 is 1.27 bits per heavy atom. The predicted molar refractivity (Wildman–Crippen MR) is 105 cm³/mol. The van der Waals surface area contributed by atoms with Gasteiger partial charge in [0.05, 0.1) is 14.9 Å². The van der Waals surface area contributed by atoms with E-state index in [-0.39, 0.29) is 18.2 Å². The lowest BCUT2D eigenvalue weighted by atomic mass is 10.2. The summed E-state index contributed by atoms with van der Waals surface area (Å²) in [6.07, 6.45) is 1.70. The molecule has 2 aromatic rings. The number of thioether (sulfide) groups is 1. The second-order valence-corrected chi connectivity index (χ2v) is 7.38. The Labute approximate surface area is 163 Å². The highest BCUT2D eigenvalue weighted by Gasteiger charge is 2.22. The Morgan fingerprint density at radius 3 is 2.58 bits per heavy atom. The van der Waals surface area contributed by atoms with Crippen LogP contribution in [0.4, 0.5) is 5.69 Å². The van der Waals surface area contributed by atoms with Crippen LogP contribution in [0.5, 0.6) is 5.75 Å². The number of hydrogen-bond acceptors (Lipinski definition) is 6. The first-order chi connectivity index (χ1) is 12.4. The third-order valence-corrected chi connectivity index (χ3v) is 4.90. The number of nitro benzene ring substituents is 1. The summed E-state index contributed by atoms with van der Waals surface area (Å²) in [5.74, 6) is 0.251. The standard InChI is InChI=1S/C17H11ClN2O4S2/c18-13-7-11(8-15-16(21)19-17(25)26-15)3-6-14(13)24-9-10-1-4-12(5-2-10)20(22)23/h1-8H,9H2,(H,19,21,25)/b15-8-. The van der Waals surface area contributed by atoms with Crippen LogP contribution < -0.4 is 10.1 Å². The highest BCUT2D eigenvalue weighted by atomic mass is 35.5. The molecule has 0 unspecified atom stereocenters.